The van der Waals surface area contributed by atoms with Crippen molar-refractivity contribution in [2.75, 3.05) is 26.4 Å². The van der Waals surface area contributed by atoms with Crippen LogP contribution >= 0.6 is 0 Å². The number of hydrogen-bond acceptors (Lipinski definition) is 2. The van der Waals surface area contributed by atoms with Crippen molar-refractivity contribution in [2.45, 2.75) is 12.6 Å². The van der Waals surface area contributed by atoms with E-state index in [1.165, 1.54) is 5.69 Å². The molecule has 84 valence electrons. The van der Waals surface area contributed by atoms with E-state index < -0.39 is 0 Å². The Hall–Kier alpha value is -0.870. The first-order valence-electron chi connectivity index (χ1n) is 5.29. The van der Waals surface area contributed by atoms with Crippen molar-refractivity contribution in [3.05, 3.63) is 24.0 Å². The topological polar surface area (TPSA) is 17.4 Å². The molecule has 1 aromatic rings. The van der Waals surface area contributed by atoms with Gasteiger partial charge < -0.3 is 9.30 Å². The number of aromatic nitrogens is 1. The van der Waals surface area contributed by atoms with Crippen LogP contribution in [0.2, 0.25) is 0 Å². The van der Waals surface area contributed by atoms with Crippen LogP contribution < -0.4 is 0 Å². The largest absolute Gasteiger partial charge is 0.373 e. The van der Waals surface area contributed by atoms with Crippen LogP contribution in [-0.2, 0) is 18.3 Å². The number of rotatable bonds is 3. The molecular weight excluding hydrogens is 195 g/mol. The molecule has 1 aromatic heterocycles. The molecule has 0 aromatic carbocycles. The summed E-state index contributed by atoms with van der Waals surface area (Å²) >= 11 is 0. The molecule has 0 N–H and O–H groups in total. The van der Waals surface area contributed by atoms with Gasteiger partial charge >= 0.3 is 0 Å². The monoisotopic (exact) mass is 212 g/mol. The van der Waals surface area contributed by atoms with E-state index in [0.717, 1.165) is 13.1 Å². The number of halogens is 1. The fraction of sp³-hybridized carbons (Fsp3) is 0.636. The van der Waals surface area contributed by atoms with E-state index in [1.807, 2.05) is 19.3 Å². The van der Waals surface area contributed by atoms with Gasteiger partial charge in [-0.3, -0.25) is 4.90 Å². The zero-order valence-electron chi connectivity index (χ0n) is 9.03. The van der Waals surface area contributed by atoms with Gasteiger partial charge in [0.2, 0.25) is 0 Å². The van der Waals surface area contributed by atoms with Crippen molar-refractivity contribution in [1.82, 2.24) is 9.47 Å². The Balaban J connectivity index is 1.92. The van der Waals surface area contributed by atoms with E-state index in [4.69, 9.17) is 4.74 Å². The highest BCUT2D eigenvalue weighted by Gasteiger charge is 2.20. The lowest BCUT2D eigenvalue weighted by Crippen LogP contribution is -2.43. The van der Waals surface area contributed by atoms with E-state index in [1.54, 1.807) is 0 Å². The Kier molecular flexibility index (Phi) is 3.38. The number of nitrogens with zero attached hydrogens (tertiary/aromatic N) is 2. The van der Waals surface area contributed by atoms with E-state index in [-0.39, 0.29) is 12.8 Å². The summed E-state index contributed by atoms with van der Waals surface area (Å²) in [5.74, 6) is 0. The third-order valence-corrected chi connectivity index (χ3v) is 2.83. The standard InChI is InChI=1S/C11H17FN2O/c1-13-4-2-3-10(13)8-14-5-6-15-11(7-12)9-14/h2-4,11H,5-9H2,1H3/t11-/m1/s1. The minimum atomic E-state index is -0.385. The third-order valence-electron chi connectivity index (χ3n) is 2.83. The van der Waals surface area contributed by atoms with Crippen LogP contribution in [0.15, 0.2) is 18.3 Å². The van der Waals surface area contributed by atoms with Crippen LogP contribution in [0.3, 0.4) is 0 Å². The Morgan fingerprint density at radius 3 is 3.13 bits per heavy atom. The summed E-state index contributed by atoms with van der Waals surface area (Å²) in [6.45, 7) is 2.72. The first-order valence-corrected chi connectivity index (χ1v) is 5.29. The summed E-state index contributed by atoms with van der Waals surface area (Å²) in [5, 5.41) is 0. The minimum Gasteiger partial charge on any atom is -0.373 e. The zero-order valence-corrected chi connectivity index (χ0v) is 9.03. The molecule has 0 spiro atoms. The summed E-state index contributed by atoms with van der Waals surface area (Å²) in [7, 11) is 2.03. The normalized spacial score (nSPS) is 23.2. The summed E-state index contributed by atoms with van der Waals surface area (Å²) in [6, 6.07) is 4.13. The molecule has 1 fully saturated rings. The highest BCUT2D eigenvalue weighted by atomic mass is 19.1. The van der Waals surface area contributed by atoms with Gasteiger partial charge in [-0.2, -0.15) is 0 Å². The Labute approximate surface area is 89.4 Å². The van der Waals surface area contributed by atoms with Crippen LogP contribution in [-0.4, -0.2) is 41.9 Å². The molecule has 2 rings (SSSR count). The minimum absolute atomic E-state index is 0.237. The molecule has 15 heavy (non-hydrogen) atoms. The highest BCUT2D eigenvalue weighted by Crippen LogP contribution is 2.10. The van der Waals surface area contributed by atoms with Crippen LogP contribution in [0.25, 0.3) is 0 Å². The number of morpholine rings is 1. The molecule has 1 aliphatic heterocycles. The van der Waals surface area contributed by atoms with Gasteiger partial charge in [-0.25, -0.2) is 4.39 Å². The molecule has 4 heteroatoms. The molecule has 1 atom stereocenters. The number of aryl methyl sites for hydroxylation is 1. The second-order valence-electron chi connectivity index (χ2n) is 3.99. The molecule has 0 saturated carbocycles. The van der Waals surface area contributed by atoms with Crippen molar-refractivity contribution in [2.24, 2.45) is 7.05 Å². The molecule has 0 radical (unpaired) electrons. The van der Waals surface area contributed by atoms with Crippen molar-refractivity contribution in [3.8, 4) is 0 Å². The van der Waals surface area contributed by atoms with Gasteiger partial charge in [0.15, 0.2) is 0 Å². The predicted molar refractivity (Wildman–Crippen MR) is 56.4 cm³/mol. The maximum Gasteiger partial charge on any atom is 0.117 e. The van der Waals surface area contributed by atoms with Gasteiger partial charge in [-0.05, 0) is 12.1 Å². The van der Waals surface area contributed by atoms with E-state index in [2.05, 4.69) is 15.5 Å². The summed E-state index contributed by atoms with van der Waals surface area (Å²) in [5.41, 5.74) is 1.26. The van der Waals surface area contributed by atoms with Gasteiger partial charge in [0.05, 0.1) is 12.7 Å². The second kappa shape index (κ2) is 4.77. The fourth-order valence-corrected chi connectivity index (χ4v) is 1.91. The van der Waals surface area contributed by atoms with Crippen molar-refractivity contribution in [3.63, 3.8) is 0 Å². The summed E-state index contributed by atoms with van der Waals surface area (Å²) < 4.78 is 19.8. The Morgan fingerprint density at radius 2 is 2.47 bits per heavy atom. The quantitative estimate of drug-likeness (QED) is 0.749. The molecule has 0 amide bonds. The van der Waals surface area contributed by atoms with Gasteiger partial charge in [0.25, 0.3) is 0 Å². The Bertz CT molecular complexity index is 313. The predicted octanol–water partition coefficient (Wildman–Crippen LogP) is 1.20. The van der Waals surface area contributed by atoms with Crippen LogP contribution in [0.4, 0.5) is 4.39 Å². The maximum atomic E-state index is 12.5. The molecular formula is C11H17FN2O. The lowest BCUT2D eigenvalue weighted by molar-refractivity contribution is -0.0417. The van der Waals surface area contributed by atoms with E-state index in [9.17, 15) is 4.39 Å². The van der Waals surface area contributed by atoms with Gasteiger partial charge in [0, 0.05) is 38.6 Å². The van der Waals surface area contributed by atoms with Gasteiger partial charge in [-0.15, -0.1) is 0 Å². The van der Waals surface area contributed by atoms with Crippen LogP contribution in [0.5, 0.6) is 0 Å². The molecule has 0 aliphatic carbocycles. The van der Waals surface area contributed by atoms with E-state index in [0.29, 0.717) is 13.2 Å². The van der Waals surface area contributed by atoms with Crippen molar-refractivity contribution in [1.29, 1.82) is 0 Å². The first-order chi connectivity index (χ1) is 7.29. The third kappa shape index (κ3) is 2.58. The average Bonchev–Trinajstić information content (AvgIpc) is 2.65. The van der Waals surface area contributed by atoms with Crippen LogP contribution in [0.1, 0.15) is 5.69 Å². The summed E-state index contributed by atoms with van der Waals surface area (Å²) in [6.07, 6.45) is 1.79. The van der Waals surface area contributed by atoms with Gasteiger partial charge in [-0.1, -0.05) is 0 Å². The summed E-state index contributed by atoms with van der Waals surface area (Å²) in [4.78, 5) is 2.24. The molecule has 1 aliphatic rings. The lowest BCUT2D eigenvalue weighted by atomic mass is 10.2. The molecule has 1 saturated heterocycles. The van der Waals surface area contributed by atoms with Crippen molar-refractivity contribution < 1.29 is 9.13 Å². The molecule has 0 unspecified atom stereocenters. The fourth-order valence-electron chi connectivity index (χ4n) is 1.91. The molecule has 3 nitrogen and oxygen atoms in total. The van der Waals surface area contributed by atoms with E-state index >= 15 is 0 Å². The SMILES string of the molecule is Cn1cccc1CN1CCO[C@H](CF)C1. The lowest BCUT2D eigenvalue weighted by Gasteiger charge is -2.31. The second-order valence-corrected chi connectivity index (χ2v) is 3.99. The first kappa shape index (κ1) is 10.6. The maximum absolute atomic E-state index is 12.5. The van der Waals surface area contributed by atoms with Crippen LogP contribution in [0, 0.1) is 0 Å². The average molecular weight is 212 g/mol. The van der Waals surface area contributed by atoms with Crippen molar-refractivity contribution >= 4 is 0 Å². The van der Waals surface area contributed by atoms with Gasteiger partial charge in [0.1, 0.15) is 6.67 Å². The highest BCUT2D eigenvalue weighted by molar-refractivity contribution is 5.06. The molecule has 2 heterocycles. The zero-order chi connectivity index (χ0) is 10.7. The smallest absolute Gasteiger partial charge is 0.117 e. The molecule has 0 bridgehead atoms. The number of ether oxygens (including phenoxy) is 1. The number of alkyl halides is 1. The number of hydrogen-bond donors (Lipinski definition) is 0. The Morgan fingerprint density at radius 1 is 1.60 bits per heavy atom.